The number of carbonyl (C=O) groups excluding carboxylic acids is 2. The van der Waals surface area contributed by atoms with Crippen molar-refractivity contribution in [3.8, 4) is 5.75 Å². The van der Waals surface area contributed by atoms with E-state index >= 15 is 0 Å². The molecule has 0 radical (unpaired) electrons. The second kappa shape index (κ2) is 7.82. The predicted octanol–water partition coefficient (Wildman–Crippen LogP) is 3.60. The maximum atomic E-state index is 12.0. The van der Waals surface area contributed by atoms with Crippen LogP contribution in [-0.2, 0) is 9.53 Å². The first-order chi connectivity index (χ1) is 10.6. The van der Waals surface area contributed by atoms with Crippen LogP contribution < -0.4 is 10.1 Å². The summed E-state index contributed by atoms with van der Waals surface area (Å²) < 4.78 is 10.6. The van der Waals surface area contributed by atoms with Crippen molar-refractivity contribution in [3.63, 3.8) is 0 Å². The Morgan fingerprint density at radius 1 is 1.27 bits per heavy atom. The minimum absolute atomic E-state index is 0.175. The maximum absolute atomic E-state index is 12.0. The van der Waals surface area contributed by atoms with E-state index in [-0.39, 0.29) is 12.5 Å². The van der Waals surface area contributed by atoms with Crippen LogP contribution in [0.2, 0.25) is 4.34 Å². The zero-order chi connectivity index (χ0) is 15.9. The van der Waals surface area contributed by atoms with Crippen LogP contribution in [0.25, 0.3) is 0 Å². The predicted molar refractivity (Wildman–Crippen MR) is 85.9 cm³/mol. The molecule has 0 unspecified atom stereocenters. The van der Waals surface area contributed by atoms with Gasteiger partial charge in [-0.2, -0.15) is 0 Å². The number of esters is 1. The van der Waals surface area contributed by atoms with Gasteiger partial charge in [0.15, 0.2) is 6.61 Å². The number of nitrogens with one attached hydrogen (secondary N) is 1. The third-order valence-corrected chi connectivity index (χ3v) is 3.78. The van der Waals surface area contributed by atoms with E-state index in [1.54, 1.807) is 43.3 Å². The molecule has 0 bridgehead atoms. The molecule has 2 aromatic rings. The topological polar surface area (TPSA) is 64.6 Å². The van der Waals surface area contributed by atoms with Gasteiger partial charge in [0, 0.05) is 11.8 Å². The van der Waals surface area contributed by atoms with Gasteiger partial charge in [0.2, 0.25) is 0 Å². The van der Waals surface area contributed by atoms with Crippen LogP contribution in [0.3, 0.4) is 0 Å². The minimum Gasteiger partial charge on any atom is -0.482 e. The van der Waals surface area contributed by atoms with Crippen molar-refractivity contribution in [2.24, 2.45) is 0 Å². The molecule has 0 saturated carbocycles. The number of thiophene rings is 1. The van der Waals surface area contributed by atoms with Gasteiger partial charge in [0.25, 0.3) is 5.91 Å². The molecular weight excluding hydrogens is 326 g/mol. The fourth-order valence-corrected chi connectivity index (χ4v) is 2.58. The molecule has 1 amide bonds. The third-order valence-electron chi connectivity index (χ3n) is 2.55. The summed E-state index contributed by atoms with van der Waals surface area (Å²) >= 11 is 7.00. The Balaban J connectivity index is 1.96. The summed E-state index contributed by atoms with van der Waals surface area (Å²) in [5.41, 5.74) is 0.566. The Bertz CT molecular complexity index is 671. The number of carbonyl (C=O) groups is 2. The molecule has 0 aliphatic rings. The Morgan fingerprint density at radius 3 is 2.77 bits per heavy atom. The van der Waals surface area contributed by atoms with E-state index in [2.05, 4.69) is 5.32 Å². The number of anilines is 1. The van der Waals surface area contributed by atoms with Crippen molar-refractivity contribution >= 4 is 40.5 Å². The highest BCUT2D eigenvalue weighted by atomic mass is 35.5. The summed E-state index contributed by atoms with van der Waals surface area (Å²) in [4.78, 5) is 23.8. The quantitative estimate of drug-likeness (QED) is 0.817. The summed E-state index contributed by atoms with van der Waals surface area (Å²) in [6.45, 7) is 1.86. The minimum atomic E-state index is -0.440. The molecule has 0 saturated heterocycles. The molecule has 7 heteroatoms. The lowest BCUT2D eigenvalue weighted by Gasteiger charge is -2.08. The molecule has 1 N–H and O–H groups in total. The van der Waals surface area contributed by atoms with Crippen molar-refractivity contribution in [2.45, 2.75) is 6.92 Å². The number of amides is 1. The zero-order valence-corrected chi connectivity index (χ0v) is 13.4. The van der Waals surface area contributed by atoms with Crippen LogP contribution in [0.5, 0.6) is 5.75 Å². The number of halogens is 1. The van der Waals surface area contributed by atoms with E-state index in [9.17, 15) is 9.59 Å². The second-order valence-corrected chi connectivity index (χ2v) is 5.89. The molecule has 0 atom stereocenters. The summed E-state index contributed by atoms with van der Waals surface area (Å²) in [7, 11) is 0. The first kappa shape index (κ1) is 16.3. The van der Waals surface area contributed by atoms with Crippen LogP contribution in [0.4, 0.5) is 5.69 Å². The molecule has 0 spiro atoms. The zero-order valence-electron chi connectivity index (χ0n) is 11.8. The van der Waals surface area contributed by atoms with E-state index in [0.29, 0.717) is 27.3 Å². The van der Waals surface area contributed by atoms with Gasteiger partial charge in [-0.1, -0.05) is 17.7 Å². The Hall–Kier alpha value is -2.05. The molecule has 1 aromatic carbocycles. The lowest BCUT2D eigenvalue weighted by Crippen LogP contribution is -2.15. The number of hydrogen-bond donors (Lipinski definition) is 1. The van der Waals surface area contributed by atoms with Crippen LogP contribution in [0.15, 0.2) is 36.4 Å². The number of rotatable bonds is 6. The van der Waals surface area contributed by atoms with Gasteiger partial charge >= 0.3 is 5.97 Å². The smallest absolute Gasteiger partial charge is 0.344 e. The molecule has 0 aliphatic heterocycles. The monoisotopic (exact) mass is 339 g/mol. The number of hydrogen-bond acceptors (Lipinski definition) is 5. The molecular formula is C15H14ClNO4S. The fraction of sp³-hybridized carbons (Fsp3) is 0.200. The van der Waals surface area contributed by atoms with Gasteiger partial charge in [-0.05, 0) is 31.2 Å². The van der Waals surface area contributed by atoms with Crippen LogP contribution >= 0.6 is 22.9 Å². The molecule has 1 heterocycles. The Kier molecular flexibility index (Phi) is 5.80. The molecule has 116 valence electrons. The molecule has 5 nitrogen and oxygen atoms in total. The Labute approximate surface area is 136 Å². The lowest BCUT2D eigenvalue weighted by molar-refractivity contribution is -0.145. The average molecular weight is 340 g/mol. The number of ether oxygens (including phenoxy) is 2. The van der Waals surface area contributed by atoms with Crippen LogP contribution in [-0.4, -0.2) is 25.1 Å². The first-order valence-electron chi connectivity index (χ1n) is 6.53. The summed E-state index contributed by atoms with van der Waals surface area (Å²) in [5.74, 6) is -0.223. The van der Waals surface area contributed by atoms with E-state index in [4.69, 9.17) is 21.1 Å². The summed E-state index contributed by atoms with van der Waals surface area (Å²) in [6.07, 6.45) is 0. The fourth-order valence-electron chi connectivity index (χ4n) is 1.64. The van der Waals surface area contributed by atoms with Gasteiger partial charge in [0.1, 0.15) is 5.75 Å². The largest absolute Gasteiger partial charge is 0.482 e. The van der Waals surface area contributed by atoms with Crippen LogP contribution in [0.1, 0.15) is 16.6 Å². The molecule has 1 aromatic heterocycles. The van der Waals surface area contributed by atoms with Gasteiger partial charge in [-0.25, -0.2) is 4.79 Å². The third kappa shape index (κ3) is 4.75. The molecule has 0 aliphatic carbocycles. The van der Waals surface area contributed by atoms with Gasteiger partial charge in [0.05, 0.1) is 15.8 Å². The van der Waals surface area contributed by atoms with E-state index in [0.717, 1.165) is 0 Å². The molecule has 2 rings (SSSR count). The Morgan fingerprint density at radius 2 is 2.09 bits per heavy atom. The van der Waals surface area contributed by atoms with E-state index in [1.807, 2.05) is 0 Å². The van der Waals surface area contributed by atoms with Crippen LogP contribution in [0, 0.1) is 0 Å². The standard InChI is InChI=1S/C15H14ClNO4S/c1-2-20-14(18)9-21-11-5-3-4-10(8-11)17-15(19)12-6-7-13(16)22-12/h3-8H,2,9H2,1H3,(H,17,19). The van der Waals surface area contributed by atoms with Crippen molar-refractivity contribution in [3.05, 3.63) is 45.6 Å². The highest BCUT2D eigenvalue weighted by Crippen LogP contribution is 2.23. The van der Waals surface area contributed by atoms with Gasteiger partial charge in [-0.3, -0.25) is 4.79 Å². The SMILES string of the molecule is CCOC(=O)COc1cccc(NC(=O)c2ccc(Cl)s2)c1. The first-order valence-corrected chi connectivity index (χ1v) is 7.73. The molecule has 0 fully saturated rings. The van der Waals surface area contributed by atoms with Gasteiger partial charge < -0.3 is 14.8 Å². The average Bonchev–Trinajstić information content (AvgIpc) is 2.93. The maximum Gasteiger partial charge on any atom is 0.344 e. The van der Waals surface area contributed by atoms with Crippen molar-refractivity contribution in [2.75, 3.05) is 18.5 Å². The number of benzene rings is 1. The normalized spacial score (nSPS) is 10.1. The highest BCUT2D eigenvalue weighted by molar-refractivity contribution is 7.18. The van der Waals surface area contributed by atoms with E-state index < -0.39 is 5.97 Å². The van der Waals surface area contributed by atoms with Crippen molar-refractivity contribution < 1.29 is 19.1 Å². The lowest BCUT2D eigenvalue weighted by atomic mass is 10.3. The van der Waals surface area contributed by atoms with Crippen molar-refractivity contribution in [1.82, 2.24) is 0 Å². The van der Waals surface area contributed by atoms with Gasteiger partial charge in [-0.15, -0.1) is 11.3 Å². The molecule has 22 heavy (non-hydrogen) atoms. The summed E-state index contributed by atoms with van der Waals surface area (Å²) in [6, 6.07) is 10.1. The van der Waals surface area contributed by atoms with Crippen molar-refractivity contribution in [1.29, 1.82) is 0 Å². The second-order valence-electron chi connectivity index (χ2n) is 4.18. The highest BCUT2D eigenvalue weighted by Gasteiger charge is 2.10. The van der Waals surface area contributed by atoms with E-state index in [1.165, 1.54) is 11.3 Å². The summed E-state index contributed by atoms with van der Waals surface area (Å²) in [5, 5.41) is 2.74.